The molecule has 0 heterocycles. The molecule has 4 fully saturated rings. The van der Waals surface area contributed by atoms with Crippen LogP contribution in [0.2, 0.25) is 0 Å². The van der Waals surface area contributed by atoms with E-state index in [4.69, 9.17) is 0 Å². The Morgan fingerprint density at radius 3 is 2.19 bits per heavy atom. The standard InChI is InChI=1S/C18H26BrNO/c1-3-5-20(6-4-2)16(21)12-17-8-14-7-15(9-17)11-18(19,10-14)13-17/h3-4,14-15H,1-2,5-13H2/t14-,15+,17?,18?. The van der Waals surface area contributed by atoms with Gasteiger partial charge in [-0.1, -0.05) is 28.1 Å². The first-order valence-corrected chi connectivity index (χ1v) is 8.95. The first kappa shape index (κ1) is 15.3. The van der Waals surface area contributed by atoms with Crippen molar-refractivity contribution in [1.82, 2.24) is 4.90 Å². The molecule has 0 radical (unpaired) electrons. The third kappa shape index (κ3) is 2.99. The second kappa shape index (κ2) is 5.57. The molecule has 21 heavy (non-hydrogen) atoms. The van der Waals surface area contributed by atoms with Gasteiger partial charge in [-0.25, -0.2) is 0 Å². The van der Waals surface area contributed by atoms with Gasteiger partial charge in [-0.05, 0) is 55.8 Å². The van der Waals surface area contributed by atoms with Crippen LogP contribution in [0.4, 0.5) is 0 Å². The third-order valence-corrected chi connectivity index (χ3v) is 6.62. The lowest BCUT2D eigenvalue weighted by molar-refractivity contribution is -0.137. The van der Waals surface area contributed by atoms with Crippen LogP contribution in [-0.2, 0) is 4.79 Å². The van der Waals surface area contributed by atoms with Gasteiger partial charge >= 0.3 is 0 Å². The molecule has 4 atom stereocenters. The van der Waals surface area contributed by atoms with Crippen molar-refractivity contribution < 1.29 is 4.79 Å². The molecule has 1 amide bonds. The molecule has 0 N–H and O–H groups in total. The number of carbonyl (C=O) groups excluding carboxylic acids is 1. The number of carbonyl (C=O) groups is 1. The summed E-state index contributed by atoms with van der Waals surface area (Å²) in [5.74, 6) is 1.96. The number of hydrogen-bond acceptors (Lipinski definition) is 1. The number of halogens is 1. The van der Waals surface area contributed by atoms with Gasteiger partial charge < -0.3 is 4.90 Å². The van der Waals surface area contributed by atoms with Crippen LogP contribution in [-0.4, -0.2) is 28.2 Å². The number of hydrogen-bond donors (Lipinski definition) is 0. The van der Waals surface area contributed by atoms with E-state index in [0.717, 1.165) is 18.3 Å². The Balaban J connectivity index is 1.73. The van der Waals surface area contributed by atoms with E-state index in [-0.39, 0.29) is 11.3 Å². The SMILES string of the molecule is C=CCN(CC=C)C(=O)CC12C[C@@H]3C[C@@H](CC(Br)(C3)C1)C2. The van der Waals surface area contributed by atoms with Crippen molar-refractivity contribution in [2.45, 2.75) is 49.3 Å². The Hall–Kier alpha value is -0.570. The van der Waals surface area contributed by atoms with Gasteiger partial charge in [0, 0.05) is 23.8 Å². The van der Waals surface area contributed by atoms with Crippen molar-refractivity contribution >= 4 is 21.8 Å². The molecule has 0 saturated heterocycles. The summed E-state index contributed by atoms with van der Waals surface area (Å²) >= 11 is 4.02. The fraction of sp³-hybridized carbons (Fsp3) is 0.722. The molecule has 4 bridgehead atoms. The molecular formula is C18H26BrNO. The highest BCUT2D eigenvalue weighted by molar-refractivity contribution is 9.10. The molecule has 0 aromatic rings. The fourth-order valence-electron chi connectivity index (χ4n) is 5.57. The van der Waals surface area contributed by atoms with Crippen LogP contribution in [0.15, 0.2) is 25.3 Å². The van der Waals surface area contributed by atoms with Gasteiger partial charge in [-0.15, -0.1) is 13.2 Å². The molecular weight excluding hydrogens is 326 g/mol. The quantitative estimate of drug-likeness (QED) is 0.515. The molecule has 0 spiro atoms. The first-order valence-electron chi connectivity index (χ1n) is 8.16. The van der Waals surface area contributed by atoms with Gasteiger partial charge in [0.2, 0.25) is 5.91 Å². The molecule has 2 unspecified atom stereocenters. The van der Waals surface area contributed by atoms with E-state index >= 15 is 0 Å². The Kier molecular flexibility index (Phi) is 4.06. The average Bonchev–Trinajstić information content (AvgIpc) is 2.34. The maximum Gasteiger partial charge on any atom is 0.223 e. The maximum absolute atomic E-state index is 12.7. The predicted molar refractivity (Wildman–Crippen MR) is 90.4 cm³/mol. The van der Waals surface area contributed by atoms with E-state index in [1.165, 1.54) is 38.5 Å². The molecule has 0 aromatic heterocycles. The molecule has 116 valence electrons. The highest BCUT2D eigenvalue weighted by Gasteiger charge is 2.57. The van der Waals surface area contributed by atoms with Crippen molar-refractivity contribution in [3.8, 4) is 0 Å². The summed E-state index contributed by atoms with van der Waals surface area (Å²) in [5.41, 5.74) is 0.255. The molecule has 4 rings (SSSR count). The van der Waals surface area contributed by atoms with Crippen molar-refractivity contribution in [2.75, 3.05) is 13.1 Å². The maximum atomic E-state index is 12.7. The van der Waals surface area contributed by atoms with Crippen LogP contribution >= 0.6 is 15.9 Å². The molecule has 4 aliphatic rings. The van der Waals surface area contributed by atoms with Gasteiger partial charge in [-0.3, -0.25) is 4.79 Å². The van der Waals surface area contributed by atoms with Crippen molar-refractivity contribution in [3.05, 3.63) is 25.3 Å². The minimum Gasteiger partial charge on any atom is -0.335 e. The van der Waals surface area contributed by atoms with Gasteiger partial charge in [-0.2, -0.15) is 0 Å². The smallest absolute Gasteiger partial charge is 0.223 e. The Bertz CT molecular complexity index is 434. The van der Waals surface area contributed by atoms with E-state index in [1.807, 2.05) is 17.1 Å². The summed E-state index contributed by atoms with van der Waals surface area (Å²) in [6, 6.07) is 0. The van der Waals surface area contributed by atoms with Crippen LogP contribution in [0.1, 0.15) is 44.9 Å². The van der Waals surface area contributed by atoms with Gasteiger partial charge in [0.15, 0.2) is 0 Å². The monoisotopic (exact) mass is 351 g/mol. The van der Waals surface area contributed by atoms with E-state index in [0.29, 0.717) is 17.4 Å². The molecule has 4 aliphatic carbocycles. The normalized spacial score (nSPS) is 40.0. The minimum atomic E-state index is 0.255. The number of amides is 1. The minimum absolute atomic E-state index is 0.255. The Labute approximate surface area is 136 Å². The summed E-state index contributed by atoms with van der Waals surface area (Å²) < 4.78 is 0.332. The van der Waals surface area contributed by atoms with Crippen LogP contribution in [0.25, 0.3) is 0 Å². The van der Waals surface area contributed by atoms with Crippen molar-refractivity contribution in [1.29, 1.82) is 0 Å². The van der Waals surface area contributed by atoms with Crippen LogP contribution in [0, 0.1) is 17.3 Å². The Morgan fingerprint density at radius 1 is 1.14 bits per heavy atom. The zero-order chi connectivity index (χ0) is 15.1. The molecule has 3 heteroatoms. The van der Waals surface area contributed by atoms with Gasteiger partial charge in [0.05, 0.1) is 0 Å². The summed E-state index contributed by atoms with van der Waals surface area (Å²) in [6.07, 6.45) is 12.1. The third-order valence-electron chi connectivity index (χ3n) is 5.69. The lowest BCUT2D eigenvalue weighted by atomic mass is 9.48. The molecule has 0 aromatic carbocycles. The molecule has 4 saturated carbocycles. The number of alkyl halides is 1. The lowest BCUT2D eigenvalue weighted by Crippen LogP contribution is -2.54. The predicted octanol–water partition coefficient (Wildman–Crippen LogP) is 4.31. The largest absolute Gasteiger partial charge is 0.335 e. The lowest BCUT2D eigenvalue weighted by Gasteiger charge is -2.60. The van der Waals surface area contributed by atoms with Crippen molar-refractivity contribution in [3.63, 3.8) is 0 Å². The first-order chi connectivity index (χ1) is 9.97. The summed E-state index contributed by atoms with van der Waals surface area (Å²) in [6.45, 7) is 8.80. The molecule has 0 aliphatic heterocycles. The number of nitrogens with zero attached hydrogens (tertiary/aromatic N) is 1. The topological polar surface area (TPSA) is 20.3 Å². The summed E-state index contributed by atoms with van der Waals surface area (Å²) in [4.78, 5) is 14.6. The summed E-state index contributed by atoms with van der Waals surface area (Å²) in [7, 11) is 0. The van der Waals surface area contributed by atoms with E-state index < -0.39 is 0 Å². The van der Waals surface area contributed by atoms with E-state index in [2.05, 4.69) is 29.1 Å². The van der Waals surface area contributed by atoms with Crippen LogP contribution in [0.5, 0.6) is 0 Å². The van der Waals surface area contributed by atoms with Crippen molar-refractivity contribution in [2.24, 2.45) is 17.3 Å². The Morgan fingerprint density at radius 2 is 1.71 bits per heavy atom. The number of rotatable bonds is 6. The highest BCUT2D eigenvalue weighted by atomic mass is 79.9. The van der Waals surface area contributed by atoms with Gasteiger partial charge in [0.1, 0.15) is 0 Å². The second-order valence-corrected chi connectivity index (χ2v) is 9.35. The zero-order valence-electron chi connectivity index (χ0n) is 12.8. The van der Waals surface area contributed by atoms with Crippen LogP contribution in [0.3, 0.4) is 0 Å². The van der Waals surface area contributed by atoms with E-state index in [1.54, 1.807) is 0 Å². The zero-order valence-corrected chi connectivity index (χ0v) is 14.4. The molecule has 2 nitrogen and oxygen atoms in total. The average molecular weight is 352 g/mol. The van der Waals surface area contributed by atoms with Gasteiger partial charge in [0.25, 0.3) is 0 Å². The summed E-state index contributed by atoms with van der Waals surface area (Å²) in [5, 5.41) is 0. The van der Waals surface area contributed by atoms with E-state index in [9.17, 15) is 4.79 Å². The van der Waals surface area contributed by atoms with Crippen LogP contribution < -0.4 is 0 Å². The second-order valence-electron chi connectivity index (χ2n) is 7.66. The highest BCUT2D eigenvalue weighted by Crippen LogP contribution is 2.65. The fourth-order valence-corrected chi connectivity index (χ4v) is 7.08.